The fraction of sp³-hybridized carbons (Fsp3) is 0.600. The van der Waals surface area contributed by atoms with Gasteiger partial charge in [0.1, 0.15) is 6.04 Å². The second kappa shape index (κ2) is 6.56. The molecule has 1 aromatic carbocycles. The van der Waals surface area contributed by atoms with E-state index >= 15 is 0 Å². The molecule has 0 aromatic heterocycles. The number of nitrogens with two attached hydrogens (primary N) is 1. The summed E-state index contributed by atoms with van der Waals surface area (Å²) in [7, 11) is 0. The smallest absolute Gasteiger partial charge is 0.240 e. The van der Waals surface area contributed by atoms with Gasteiger partial charge in [-0.05, 0) is 96.6 Å². The molecule has 4 saturated carbocycles. The van der Waals surface area contributed by atoms with Gasteiger partial charge in [0, 0.05) is 15.4 Å². The number of primary amides is 1. The highest BCUT2D eigenvalue weighted by Crippen LogP contribution is 2.60. The molecule has 4 nitrogen and oxygen atoms in total. The van der Waals surface area contributed by atoms with Gasteiger partial charge in [0.25, 0.3) is 0 Å². The molecule has 4 fully saturated rings. The molecule has 0 aliphatic heterocycles. The third-order valence-electron chi connectivity index (χ3n) is 6.52. The van der Waals surface area contributed by atoms with E-state index in [0.717, 1.165) is 28.4 Å². The first kappa shape index (κ1) is 17.3. The second-order valence-corrected chi connectivity index (χ2v) is 9.70. The molecule has 0 spiro atoms. The number of rotatable bonds is 5. The molecule has 4 aliphatic carbocycles. The molecule has 1 aromatic rings. The molecule has 4 bridgehead atoms. The molecule has 2 amide bonds. The van der Waals surface area contributed by atoms with E-state index in [1.807, 2.05) is 24.3 Å². The highest BCUT2D eigenvalue weighted by Gasteiger charge is 2.54. The summed E-state index contributed by atoms with van der Waals surface area (Å²) in [5, 5.41) is 3.02. The van der Waals surface area contributed by atoms with E-state index < -0.39 is 11.9 Å². The van der Waals surface area contributed by atoms with Crippen molar-refractivity contribution in [1.82, 2.24) is 5.32 Å². The second-order valence-electron chi connectivity index (χ2n) is 8.46. The molecule has 134 valence electrons. The molecule has 1 atom stereocenters. The van der Waals surface area contributed by atoms with Crippen LogP contribution in [-0.4, -0.2) is 17.9 Å². The van der Waals surface area contributed by atoms with Crippen molar-refractivity contribution in [3.05, 3.63) is 33.4 Å². The van der Waals surface area contributed by atoms with E-state index in [2.05, 4.69) is 27.9 Å². The molecule has 0 saturated heterocycles. The van der Waals surface area contributed by atoms with Gasteiger partial charge in [0.2, 0.25) is 11.8 Å². The van der Waals surface area contributed by atoms with Crippen molar-refractivity contribution in [3.63, 3.8) is 0 Å². The van der Waals surface area contributed by atoms with Crippen LogP contribution in [0.4, 0.5) is 0 Å². The molecule has 0 unspecified atom stereocenters. The minimum Gasteiger partial charge on any atom is -0.368 e. The van der Waals surface area contributed by atoms with Crippen LogP contribution in [-0.2, 0) is 16.0 Å². The zero-order valence-corrected chi connectivity index (χ0v) is 16.5. The van der Waals surface area contributed by atoms with Crippen LogP contribution < -0.4 is 11.1 Å². The quantitative estimate of drug-likeness (QED) is 0.675. The Morgan fingerprint density at radius 1 is 1.08 bits per heavy atom. The number of nitrogens with one attached hydrogen (secondary N) is 1. The summed E-state index contributed by atoms with van der Waals surface area (Å²) in [6, 6.07) is 7.38. The Bertz CT molecular complexity index is 650. The third kappa shape index (κ3) is 3.44. The standard InChI is InChI=1S/C20H25IN2O2/c21-16-3-1-12(2-4-16)8-17(18(22)24)23-19(25)20-9-13-5-14(10-20)7-15(6-13)11-20/h1-4,13-15,17H,5-11H2,(H2,22,24)(H,23,25)/t13?,14?,15?,17-,20?/m1/s1. The van der Waals surface area contributed by atoms with Crippen LogP contribution in [0.15, 0.2) is 24.3 Å². The van der Waals surface area contributed by atoms with Gasteiger partial charge in [-0.2, -0.15) is 0 Å². The van der Waals surface area contributed by atoms with E-state index in [9.17, 15) is 9.59 Å². The van der Waals surface area contributed by atoms with Crippen molar-refractivity contribution in [2.45, 2.75) is 51.0 Å². The molecule has 3 N–H and O–H groups in total. The lowest BCUT2D eigenvalue weighted by molar-refractivity contribution is -0.148. The fourth-order valence-electron chi connectivity index (χ4n) is 5.78. The van der Waals surface area contributed by atoms with Crippen molar-refractivity contribution < 1.29 is 9.59 Å². The molecule has 5 rings (SSSR count). The van der Waals surface area contributed by atoms with Gasteiger partial charge in [-0.25, -0.2) is 0 Å². The number of carbonyl (C=O) groups is 2. The van der Waals surface area contributed by atoms with Gasteiger partial charge in [0.05, 0.1) is 0 Å². The van der Waals surface area contributed by atoms with E-state index in [0.29, 0.717) is 24.2 Å². The van der Waals surface area contributed by atoms with Crippen LogP contribution >= 0.6 is 22.6 Å². The summed E-state index contributed by atoms with van der Waals surface area (Å²) in [4.78, 5) is 25.1. The summed E-state index contributed by atoms with van der Waals surface area (Å²) in [6.45, 7) is 0. The lowest BCUT2D eigenvalue weighted by atomic mass is 9.49. The maximum Gasteiger partial charge on any atom is 0.240 e. The van der Waals surface area contributed by atoms with Crippen molar-refractivity contribution in [2.24, 2.45) is 28.9 Å². The van der Waals surface area contributed by atoms with Crippen LogP contribution in [0.5, 0.6) is 0 Å². The summed E-state index contributed by atoms with van der Waals surface area (Å²) >= 11 is 2.25. The average molecular weight is 452 g/mol. The summed E-state index contributed by atoms with van der Waals surface area (Å²) in [5.41, 5.74) is 6.38. The van der Waals surface area contributed by atoms with Crippen LogP contribution in [0, 0.1) is 26.7 Å². The van der Waals surface area contributed by atoms with Gasteiger partial charge in [-0.15, -0.1) is 0 Å². The number of benzene rings is 1. The topological polar surface area (TPSA) is 72.2 Å². The van der Waals surface area contributed by atoms with Gasteiger partial charge < -0.3 is 11.1 Å². The van der Waals surface area contributed by atoms with E-state index in [4.69, 9.17) is 5.73 Å². The maximum atomic E-state index is 13.1. The predicted octanol–water partition coefficient (Wildman–Crippen LogP) is 3.02. The monoisotopic (exact) mass is 452 g/mol. The van der Waals surface area contributed by atoms with Crippen LogP contribution in [0.1, 0.15) is 44.1 Å². The van der Waals surface area contributed by atoms with Crippen molar-refractivity contribution in [1.29, 1.82) is 0 Å². The number of amides is 2. The first-order valence-corrected chi connectivity index (χ1v) is 10.4. The Balaban J connectivity index is 1.47. The molecule has 5 heteroatoms. The third-order valence-corrected chi connectivity index (χ3v) is 7.24. The molecular weight excluding hydrogens is 427 g/mol. The van der Waals surface area contributed by atoms with Crippen molar-refractivity contribution in [3.8, 4) is 0 Å². The SMILES string of the molecule is NC(=O)[C@@H](Cc1ccc(I)cc1)NC(=O)C12CC3CC(CC(C3)C1)C2. The Morgan fingerprint density at radius 3 is 2.08 bits per heavy atom. The Labute approximate surface area is 162 Å². The highest BCUT2D eigenvalue weighted by atomic mass is 127. The summed E-state index contributed by atoms with van der Waals surface area (Å²) in [5.74, 6) is 1.75. The number of halogens is 1. The first-order chi connectivity index (χ1) is 11.9. The predicted molar refractivity (Wildman–Crippen MR) is 105 cm³/mol. The number of carbonyl (C=O) groups excluding carboxylic acids is 2. The van der Waals surface area contributed by atoms with Gasteiger partial charge in [0.15, 0.2) is 0 Å². The minimum absolute atomic E-state index is 0.0703. The Morgan fingerprint density at radius 2 is 1.60 bits per heavy atom. The lowest BCUT2D eigenvalue weighted by Gasteiger charge is -2.55. The summed E-state index contributed by atoms with van der Waals surface area (Å²) in [6.07, 6.45) is 7.36. The molecule has 0 heterocycles. The fourth-order valence-corrected chi connectivity index (χ4v) is 6.14. The zero-order valence-electron chi connectivity index (χ0n) is 14.3. The van der Waals surface area contributed by atoms with Crippen LogP contribution in [0.2, 0.25) is 0 Å². The van der Waals surface area contributed by atoms with Gasteiger partial charge >= 0.3 is 0 Å². The lowest BCUT2D eigenvalue weighted by Crippen LogP contribution is -2.57. The molecular formula is C20H25IN2O2. The van der Waals surface area contributed by atoms with Crippen molar-refractivity contribution >= 4 is 34.4 Å². The maximum absolute atomic E-state index is 13.1. The first-order valence-electron chi connectivity index (χ1n) is 9.28. The summed E-state index contributed by atoms with van der Waals surface area (Å²) < 4.78 is 1.15. The van der Waals surface area contributed by atoms with E-state index in [1.165, 1.54) is 19.3 Å². The number of hydrogen-bond acceptors (Lipinski definition) is 2. The van der Waals surface area contributed by atoms with Crippen molar-refractivity contribution in [2.75, 3.05) is 0 Å². The zero-order chi connectivity index (χ0) is 17.6. The van der Waals surface area contributed by atoms with Gasteiger partial charge in [-0.3, -0.25) is 9.59 Å². The Kier molecular flexibility index (Phi) is 4.54. The van der Waals surface area contributed by atoms with Crippen LogP contribution in [0.25, 0.3) is 0 Å². The molecule has 0 radical (unpaired) electrons. The van der Waals surface area contributed by atoms with E-state index in [1.54, 1.807) is 0 Å². The Hall–Kier alpha value is -1.11. The normalized spacial score (nSPS) is 33.9. The van der Waals surface area contributed by atoms with E-state index in [-0.39, 0.29) is 11.3 Å². The minimum atomic E-state index is -0.624. The molecule has 25 heavy (non-hydrogen) atoms. The van der Waals surface area contributed by atoms with Crippen LogP contribution in [0.3, 0.4) is 0 Å². The number of hydrogen-bond donors (Lipinski definition) is 2. The highest BCUT2D eigenvalue weighted by molar-refractivity contribution is 14.1. The molecule has 4 aliphatic rings. The van der Waals surface area contributed by atoms with Gasteiger partial charge in [-0.1, -0.05) is 12.1 Å². The average Bonchev–Trinajstić information content (AvgIpc) is 2.54. The largest absolute Gasteiger partial charge is 0.368 e.